The minimum absolute atomic E-state index is 0.417. The molecule has 136 valence electrons. The highest BCUT2D eigenvalue weighted by molar-refractivity contribution is 9.10. The van der Waals surface area contributed by atoms with E-state index in [-0.39, 0.29) is 0 Å². The number of ether oxygens (including phenoxy) is 1. The predicted molar refractivity (Wildman–Crippen MR) is 99.9 cm³/mol. The molecule has 0 bridgehead atoms. The van der Waals surface area contributed by atoms with Crippen molar-refractivity contribution in [1.82, 2.24) is 4.98 Å². The number of alkyl halides is 3. The lowest BCUT2D eigenvalue weighted by Gasteiger charge is -2.06. The Morgan fingerprint density at radius 1 is 1.00 bits per heavy atom. The van der Waals surface area contributed by atoms with Crippen molar-refractivity contribution < 1.29 is 17.9 Å². The van der Waals surface area contributed by atoms with E-state index in [0.717, 1.165) is 32.7 Å². The smallest absolute Gasteiger partial charge is 0.371 e. The number of aromatic nitrogens is 1. The van der Waals surface area contributed by atoms with Gasteiger partial charge in [-0.2, -0.15) is 13.2 Å². The Labute approximate surface area is 161 Å². The monoisotopic (exact) mass is 441 g/mol. The van der Waals surface area contributed by atoms with Gasteiger partial charge in [0, 0.05) is 10.0 Å². The van der Waals surface area contributed by atoms with Gasteiger partial charge in [0.25, 0.3) is 0 Å². The Hall–Kier alpha value is -1.70. The summed E-state index contributed by atoms with van der Waals surface area (Å²) in [6, 6.07) is 12.9. The number of hydrogen-bond acceptors (Lipinski definition) is 3. The van der Waals surface area contributed by atoms with E-state index in [0.29, 0.717) is 23.8 Å². The molecule has 2 nitrogen and oxygen atoms in total. The van der Waals surface area contributed by atoms with E-state index in [4.69, 9.17) is 4.74 Å². The molecule has 0 atom stereocenters. The lowest BCUT2D eigenvalue weighted by molar-refractivity contribution is -0.137. The molecule has 0 aliphatic carbocycles. The third-order valence-electron chi connectivity index (χ3n) is 3.77. The van der Waals surface area contributed by atoms with Crippen LogP contribution < -0.4 is 0 Å². The van der Waals surface area contributed by atoms with Crippen molar-refractivity contribution in [3.8, 4) is 10.6 Å². The highest BCUT2D eigenvalue weighted by atomic mass is 79.9. The van der Waals surface area contributed by atoms with Crippen LogP contribution in [-0.2, 0) is 24.1 Å². The third kappa shape index (κ3) is 4.72. The summed E-state index contributed by atoms with van der Waals surface area (Å²) in [6.07, 6.45) is -4.33. The quantitative estimate of drug-likeness (QED) is 0.443. The standard InChI is InChI=1S/C19H15BrF3NOS/c1-12-17(11-25-10-13-2-8-16(20)9-3-13)26-18(24-12)14-4-6-15(7-5-14)19(21,22)23/h2-9H,10-11H2,1H3. The first-order valence-electron chi connectivity index (χ1n) is 7.79. The van der Waals surface area contributed by atoms with Gasteiger partial charge in [-0.1, -0.05) is 40.2 Å². The Morgan fingerprint density at radius 3 is 2.27 bits per heavy atom. The van der Waals surface area contributed by atoms with Gasteiger partial charge in [0.2, 0.25) is 0 Å². The second kappa shape index (κ2) is 7.90. The van der Waals surface area contributed by atoms with Crippen LogP contribution in [0.5, 0.6) is 0 Å². The van der Waals surface area contributed by atoms with E-state index >= 15 is 0 Å². The maximum absolute atomic E-state index is 12.7. The maximum atomic E-state index is 12.7. The first-order valence-corrected chi connectivity index (χ1v) is 9.40. The van der Waals surface area contributed by atoms with E-state index < -0.39 is 11.7 Å². The average Bonchev–Trinajstić information content (AvgIpc) is 2.97. The van der Waals surface area contributed by atoms with Crippen LogP contribution in [0, 0.1) is 6.92 Å². The Morgan fingerprint density at radius 2 is 1.65 bits per heavy atom. The molecule has 0 fully saturated rings. The van der Waals surface area contributed by atoms with Crippen LogP contribution in [0.1, 0.15) is 21.7 Å². The number of halogens is 4. The third-order valence-corrected chi connectivity index (χ3v) is 5.48. The van der Waals surface area contributed by atoms with Gasteiger partial charge in [-0.15, -0.1) is 11.3 Å². The molecule has 0 radical (unpaired) electrons. The molecule has 0 spiro atoms. The molecule has 0 amide bonds. The van der Waals surface area contributed by atoms with Crippen molar-refractivity contribution in [2.75, 3.05) is 0 Å². The maximum Gasteiger partial charge on any atom is 0.416 e. The summed E-state index contributed by atoms with van der Waals surface area (Å²) in [5, 5.41) is 0.693. The van der Waals surface area contributed by atoms with Crippen LogP contribution in [0.25, 0.3) is 10.6 Å². The molecule has 1 heterocycles. The first-order chi connectivity index (χ1) is 12.3. The molecule has 0 unspecified atom stereocenters. The molecule has 0 saturated heterocycles. The van der Waals surface area contributed by atoms with Crippen LogP contribution in [0.4, 0.5) is 13.2 Å². The van der Waals surface area contributed by atoms with Gasteiger partial charge >= 0.3 is 6.18 Å². The van der Waals surface area contributed by atoms with Gasteiger partial charge in [0.05, 0.1) is 29.3 Å². The number of nitrogens with zero attached hydrogens (tertiary/aromatic N) is 1. The number of benzene rings is 2. The van der Waals surface area contributed by atoms with Crippen LogP contribution in [0.2, 0.25) is 0 Å². The fourth-order valence-electron chi connectivity index (χ4n) is 2.33. The summed E-state index contributed by atoms with van der Waals surface area (Å²) < 4.78 is 44.7. The number of rotatable bonds is 5. The van der Waals surface area contributed by atoms with E-state index in [1.807, 2.05) is 31.2 Å². The molecule has 0 aliphatic heterocycles. The van der Waals surface area contributed by atoms with Crippen molar-refractivity contribution in [2.24, 2.45) is 0 Å². The minimum Gasteiger partial charge on any atom is -0.371 e. The summed E-state index contributed by atoms with van der Waals surface area (Å²) in [4.78, 5) is 5.43. The van der Waals surface area contributed by atoms with Gasteiger partial charge in [-0.05, 0) is 36.8 Å². The molecule has 26 heavy (non-hydrogen) atoms. The van der Waals surface area contributed by atoms with Crippen LogP contribution in [0.3, 0.4) is 0 Å². The highest BCUT2D eigenvalue weighted by Crippen LogP contribution is 2.33. The summed E-state index contributed by atoms with van der Waals surface area (Å²) in [6.45, 7) is 2.78. The van der Waals surface area contributed by atoms with Crippen molar-refractivity contribution in [3.05, 3.63) is 74.7 Å². The molecule has 1 aromatic heterocycles. The average molecular weight is 442 g/mol. The summed E-state index contributed by atoms with van der Waals surface area (Å²) >= 11 is 4.83. The summed E-state index contributed by atoms with van der Waals surface area (Å²) in [5.74, 6) is 0. The fourth-order valence-corrected chi connectivity index (χ4v) is 3.60. The van der Waals surface area contributed by atoms with Crippen molar-refractivity contribution >= 4 is 27.3 Å². The van der Waals surface area contributed by atoms with Gasteiger partial charge < -0.3 is 4.74 Å². The van der Waals surface area contributed by atoms with Gasteiger partial charge in [-0.25, -0.2) is 4.98 Å². The summed E-state index contributed by atoms with van der Waals surface area (Å²) in [5.41, 5.74) is 1.91. The number of thiazole rings is 1. The molecule has 3 rings (SSSR count). The molecule has 0 aliphatic rings. The van der Waals surface area contributed by atoms with Gasteiger partial charge in [0.15, 0.2) is 0 Å². The summed E-state index contributed by atoms with van der Waals surface area (Å²) in [7, 11) is 0. The van der Waals surface area contributed by atoms with E-state index in [2.05, 4.69) is 20.9 Å². The lowest BCUT2D eigenvalue weighted by atomic mass is 10.1. The molecule has 0 saturated carbocycles. The predicted octanol–water partition coefficient (Wildman–Crippen LogP) is 6.62. The largest absolute Gasteiger partial charge is 0.416 e. The topological polar surface area (TPSA) is 22.1 Å². The molecule has 0 N–H and O–H groups in total. The first kappa shape index (κ1) is 19.1. The molecular formula is C19H15BrF3NOS. The van der Waals surface area contributed by atoms with Crippen molar-refractivity contribution in [1.29, 1.82) is 0 Å². The van der Waals surface area contributed by atoms with Crippen molar-refractivity contribution in [3.63, 3.8) is 0 Å². The lowest BCUT2D eigenvalue weighted by Crippen LogP contribution is -2.03. The second-order valence-corrected chi connectivity index (χ2v) is 7.72. The fraction of sp³-hybridized carbons (Fsp3) is 0.211. The normalized spacial score (nSPS) is 11.7. The highest BCUT2D eigenvalue weighted by Gasteiger charge is 2.30. The Balaban J connectivity index is 1.66. The molecule has 3 aromatic rings. The van der Waals surface area contributed by atoms with E-state index in [1.54, 1.807) is 0 Å². The zero-order valence-corrected chi connectivity index (χ0v) is 16.2. The van der Waals surface area contributed by atoms with Crippen LogP contribution in [-0.4, -0.2) is 4.98 Å². The van der Waals surface area contributed by atoms with E-state index in [1.165, 1.54) is 23.5 Å². The van der Waals surface area contributed by atoms with Gasteiger partial charge in [-0.3, -0.25) is 0 Å². The van der Waals surface area contributed by atoms with Gasteiger partial charge in [0.1, 0.15) is 5.01 Å². The molecule has 7 heteroatoms. The molecule has 2 aromatic carbocycles. The minimum atomic E-state index is -4.33. The Kier molecular flexibility index (Phi) is 5.79. The second-order valence-electron chi connectivity index (χ2n) is 5.72. The number of hydrogen-bond donors (Lipinski definition) is 0. The molecular weight excluding hydrogens is 427 g/mol. The van der Waals surface area contributed by atoms with Crippen molar-refractivity contribution in [2.45, 2.75) is 26.3 Å². The van der Waals surface area contributed by atoms with E-state index in [9.17, 15) is 13.2 Å². The zero-order valence-electron chi connectivity index (χ0n) is 13.8. The zero-order chi connectivity index (χ0) is 18.7. The SMILES string of the molecule is Cc1nc(-c2ccc(C(F)(F)F)cc2)sc1COCc1ccc(Br)cc1. The Bertz CT molecular complexity index is 873. The number of aryl methyl sites for hydroxylation is 1. The van der Waals surface area contributed by atoms with Crippen LogP contribution in [0.15, 0.2) is 53.0 Å². The van der Waals surface area contributed by atoms with Crippen LogP contribution >= 0.6 is 27.3 Å².